The van der Waals surface area contributed by atoms with E-state index in [2.05, 4.69) is 31.2 Å². The number of rotatable bonds is 10. The van der Waals surface area contributed by atoms with Crippen molar-refractivity contribution in [2.45, 2.75) is 52.4 Å². The smallest absolute Gasteiger partial charge is 0.313 e. The van der Waals surface area contributed by atoms with Gasteiger partial charge in [0.1, 0.15) is 0 Å². The van der Waals surface area contributed by atoms with Crippen molar-refractivity contribution in [3.8, 4) is 0 Å². The van der Waals surface area contributed by atoms with Gasteiger partial charge in [-0.25, -0.2) is 0 Å². The number of benzene rings is 1. The van der Waals surface area contributed by atoms with Crippen molar-refractivity contribution in [2.24, 2.45) is 11.1 Å². The molecule has 0 aliphatic carbocycles. The highest BCUT2D eigenvalue weighted by Crippen LogP contribution is 2.31. The average molecular weight is 291 g/mol. The second-order valence-electron chi connectivity index (χ2n) is 5.65. The van der Waals surface area contributed by atoms with Crippen LogP contribution < -0.4 is 5.73 Å². The summed E-state index contributed by atoms with van der Waals surface area (Å²) in [5.74, 6) is -0.117. The van der Waals surface area contributed by atoms with E-state index in [1.165, 1.54) is 5.56 Å². The standard InChI is InChI=1S/C18H29NO2/c1-3-13-18(15-19,17(20)21-4-2)14-9-8-12-16-10-6-5-7-11-16/h5-7,10-11H,3-4,8-9,12-15,19H2,1-2H3. The molecule has 0 fully saturated rings. The molecule has 1 aromatic carbocycles. The minimum atomic E-state index is -0.485. The van der Waals surface area contributed by atoms with Gasteiger partial charge in [0, 0.05) is 6.54 Å². The molecule has 1 aromatic rings. The van der Waals surface area contributed by atoms with Gasteiger partial charge in [0.2, 0.25) is 0 Å². The third-order valence-corrected chi connectivity index (χ3v) is 4.04. The first-order chi connectivity index (χ1) is 10.2. The maximum Gasteiger partial charge on any atom is 0.313 e. The molecule has 0 amide bonds. The van der Waals surface area contributed by atoms with Crippen molar-refractivity contribution in [3.63, 3.8) is 0 Å². The number of hydrogen-bond donors (Lipinski definition) is 1. The lowest BCUT2D eigenvalue weighted by Crippen LogP contribution is -2.40. The van der Waals surface area contributed by atoms with Gasteiger partial charge < -0.3 is 10.5 Å². The molecule has 0 spiro atoms. The molecule has 0 aliphatic heterocycles. The van der Waals surface area contributed by atoms with Crippen molar-refractivity contribution in [1.82, 2.24) is 0 Å². The second kappa shape index (κ2) is 9.56. The Morgan fingerprint density at radius 3 is 2.43 bits per heavy atom. The van der Waals surface area contributed by atoms with Crippen molar-refractivity contribution >= 4 is 5.97 Å². The van der Waals surface area contributed by atoms with Crippen LogP contribution in [-0.2, 0) is 16.0 Å². The predicted octanol–water partition coefficient (Wildman–Crippen LogP) is 3.71. The Hall–Kier alpha value is -1.35. The highest BCUT2D eigenvalue weighted by molar-refractivity contribution is 5.77. The average Bonchev–Trinajstić information content (AvgIpc) is 2.51. The van der Waals surface area contributed by atoms with Crippen LogP contribution >= 0.6 is 0 Å². The van der Waals surface area contributed by atoms with E-state index >= 15 is 0 Å². The van der Waals surface area contributed by atoms with Gasteiger partial charge in [-0.05, 0) is 38.2 Å². The maximum atomic E-state index is 12.2. The van der Waals surface area contributed by atoms with Crippen molar-refractivity contribution in [2.75, 3.05) is 13.2 Å². The first kappa shape index (κ1) is 17.7. The number of carbonyl (C=O) groups is 1. The molecule has 1 rings (SSSR count). The van der Waals surface area contributed by atoms with E-state index in [1.54, 1.807) is 0 Å². The summed E-state index contributed by atoms with van der Waals surface area (Å²) < 4.78 is 5.25. The Morgan fingerprint density at radius 2 is 1.86 bits per heavy atom. The lowest BCUT2D eigenvalue weighted by atomic mass is 9.78. The molecule has 0 saturated carbocycles. The molecule has 0 saturated heterocycles. The zero-order valence-electron chi connectivity index (χ0n) is 13.4. The highest BCUT2D eigenvalue weighted by Gasteiger charge is 2.36. The maximum absolute atomic E-state index is 12.2. The largest absolute Gasteiger partial charge is 0.466 e. The monoisotopic (exact) mass is 291 g/mol. The van der Waals surface area contributed by atoms with Crippen LogP contribution in [0.25, 0.3) is 0 Å². The number of carbonyl (C=O) groups excluding carboxylic acids is 1. The van der Waals surface area contributed by atoms with Gasteiger partial charge in [0.05, 0.1) is 12.0 Å². The first-order valence-electron chi connectivity index (χ1n) is 8.09. The van der Waals surface area contributed by atoms with E-state index < -0.39 is 5.41 Å². The van der Waals surface area contributed by atoms with Crippen LogP contribution in [0.5, 0.6) is 0 Å². The van der Waals surface area contributed by atoms with Crippen molar-refractivity contribution in [1.29, 1.82) is 0 Å². The van der Waals surface area contributed by atoms with Crippen molar-refractivity contribution in [3.05, 3.63) is 35.9 Å². The fourth-order valence-corrected chi connectivity index (χ4v) is 2.82. The van der Waals surface area contributed by atoms with Gasteiger partial charge in [0.15, 0.2) is 0 Å². The summed E-state index contributed by atoms with van der Waals surface area (Å²) in [5, 5.41) is 0. The summed E-state index contributed by atoms with van der Waals surface area (Å²) in [4.78, 5) is 12.2. The molecule has 118 valence electrons. The van der Waals surface area contributed by atoms with Gasteiger partial charge in [-0.2, -0.15) is 0 Å². The van der Waals surface area contributed by atoms with E-state index in [0.29, 0.717) is 13.2 Å². The van der Waals surface area contributed by atoms with E-state index in [1.807, 2.05) is 13.0 Å². The van der Waals surface area contributed by atoms with E-state index in [0.717, 1.165) is 38.5 Å². The van der Waals surface area contributed by atoms with E-state index in [-0.39, 0.29) is 5.97 Å². The van der Waals surface area contributed by atoms with Gasteiger partial charge >= 0.3 is 5.97 Å². The summed E-state index contributed by atoms with van der Waals surface area (Å²) in [7, 11) is 0. The Morgan fingerprint density at radius 1 is 1.14 bits per heavy atom. The Balaban J connectivity index is 2.51. The molecule has 2 N–H and O–H groups in total. The summed E-state index contributed by atoms with van der Waals surface area (Å²) in [5.41, 5.74) is 6.78. The summed E-state index contributed by atoms with van der Waals surface area (Å²) >= 11 is 0. The number of hydrogen-bond acceptors (Lipinski definition) is 3. The molecule has 21 heavy (non-hydrogen) atoms. The number of esters is 1. The van der Waals surface area contributed by atoms with Crippen molar-refractivity contribution < 1.29 is 9.53 Å². The van der Waals surface area contributed by atoms with Gasteiger partial charge in [-0.1, -0.05) is 50.1 Å². The molecule has 0 radical (unpaired) electrons. The first-order valence-corrected chi connectivity index (χ1v) is 8.09. The molecule has 3 heteroatoms. The molecule has 0 aromatic heterocycles. The number of aryl methyl sites for hydroxylation is 1. The minimum Gasteiger partial charge on any atom is -0.466 e. The van der Waals surface area contributed by atoms with E-state index in [9.17, 15) is 4.79 Å². The van der Waals surface area contributed by atoms with Crippen LogP contribution in [-0.4, -0.2) is 19.1 Å². The normalized spacial score (nSPS) is 13.7. The van der Waals surface area contributed by atoms with Crippen LogP contribution in [0, 0.1) is 5.41 Å². The Kier molecular flexibility index (Phi) is 8.06. The van der Waals surface area contributed by atoms with Crippen LogP contribution in [0.1, 0.15) is 51.5 Å². The van der Waals surface area contributed by atoms with Gasteiger partial charge in [0.25, 0.3) is 0 Å². The minimum absolute atomic E-state index is 0.117. The van der Waals surface area contributed by atoms with E-state index in [4.69, 9.17) is 10.5 Å². The molecule has 0 aliphatic rings. The van der Waals surface area contributed by atoms with Crippen LogP contribution in [0.2, 0.25) is 0 Å². The lowest BCUT2D eigenvalue weighted by molar-refractivity contribution is -0.156. The molecule has 3 nitrogen and oxygen atoms in total. The lowest BCUT2D eigenvalue weighted by Gasteiger charge is -2.29. The highest BCUT2D eigenvalue weighted by atomic mass is 16.5. The predicted molar refractivity (Wildman–Crippen MR) is 87.0 cm³/mol. The zero-order chi connectivity index (χ0) is 15.6. The number of ether oxygens (including phenoxy) is 1. The fourth-order valence-electron chi connectivity index (χ4n) is 2.82. The second-order valence-corrected chi connectivity index (χ2v) is 5.65. The topological polar surface area (TPSA) is 52.3 Å². The molecule has 0 bridgehead atoms. The molecular weight excluding hydrogens is 262 g/mol. The molecule has 1 unspecified atom stereocenters. The van der Waals surface area contributed by atoms with Gasteiger partial charge in [-0.15, -0.1) is 0 Å². The Bertz CT molecular complexity index is 405. The zero-order valence-corrected chi connectivity index (χ0v) is 13.4. The summed E-state index contributed by atoms with van der Waals surface area (Å²) in [6.07, 6.45) is 5.72. The number of nitrogens with two attached hydrogens (primary N) is 1. The quantitative estimate of drug-likeness (QED) is 0.528. The molecule has 0 heterocycles. The molecular formula is C18H29NO2. The van der Waals surface area contributed by atoms with Crippen LogP contribution in [0.15, 0.2) is 30.3 Å². The summed E-state index contributed by atoms with van der Waals surface area (Å²) in [6, 6.07) is 10.5. The van der Waals surface area contributed by atoms with Gasteiger partial charge in [-0.3, -0.25) is 4.79 Å². The summed E-state index contributed by atoms with van der Waals surface area (Å²) in [6.45, 7) is 4.74. The van der Waals surface area contributed by atoms with Crippen LogP contribution in [0.3, 0.4) is 0 Å². The third-order valence-electron chi connectivity index (χ3n) is 4.04. The van der Waals surface area contributed by atoms with Crippen LogP contribution in [0.4, 0.5) is 0 Å². The fraction of sp³-hybridized carbons (Fsp3) is 0.611. The SMILES string of the molecule is CCCC(CN)(CCCCc1ccccc1)C(=O)OCC. The third kappa shape index (κ3) is 5.50. The molecule has 1 atom stereocenters. The number of unbranched alkanes of at least 4 members (excludes halogenated alkanes) is 1. The Labute approximate surface area is 128 Å².